The molecule has 0 saturated heterocycles. The number of rotatable bonds is 4. The van der Waals surface area contributed by atoms with Crippen molar-refractivity contribution in [3.8, 4) is 0 Å². The van der Waals surface area contributed by atoms with Crippen LogP contribution in [0.1, 0.15) is 16.8 Å². The Morgan fingerprint density at radius 1 is 1.17 bits per heavy atom. The lowest BCUT2D eigenvalue weighted by Crippen LogP contribution is -2.17. The summed E-state index contributed by atoms with van der Waals surface area (Å²) in [6, 6.07) is 10.8. The minimum absolute atomic E-state index is 0.876. The fraction of sp³-hybridized carbons (Fsp3) is 0.263. The molecule has 4 aromatic rings. The molecular formula is C19H20N4S. The van der Waals surface area contributed by atoms with Gasteiger partial charge in [0.05, 0.1) is 5.69 Å². The molecular weight excluding hydrogens is 316 g/mol. The maximum absolute atomic E-state index is 4.58. The van der Waals surface area contributed by atoms with Gasteiger partial charge in [-0.1, -0.05) is 18.2 Å². The average molecular weight is 336 g/mol. The molecule has 122 valence electrons. The minimum atomic E-state index is 0.876. The van der Waals surface area contributed by atoms with Gasteiger partial charge in [-0.25, -0.2) is 4.98 Å². The topological polar surface area (TPSA) is 34.0 Å². The highest BCUT2D eigenvalue weighted by Crippen LogP contribution is 2.27. The lowest BCUT2D eigenvalue weighted by Gasteiger charge is -2.16. The number of fused-ring (bicyclic) bond motifs is 2. The Labute approximate surface area is 145 Å². The van der Waals surface area contributed by atoms with E-state index in [2.05, 4.69) is 57.7 Å². The summed E-state index contributed by atoms with van der Waals surface area (Å²) >= 11 is 1.82. The molecule has 3 heterocycles. The third kappa shape index (κ3) is 2.70. The average Bonchev–Trinajstić information content (AvgIpc) is 3.09. The monoisotopic (exact) mass is 336 g/mol. The molecule has 0 aliphatic rings. The number of hydrogen-bond donors (Lipinski definition) is 0. The van der Waals surface area contributed by atoms with E-state index in [1.807, 2.05) is 36.2 Å². The molecule has 0 N–H and O–H groups in total. The van der Waals surface area contributed by atoms with Gasteiger partial charge in [-0.15, -0.1) is 11.3 Å². The van der Waals surface area contributed by atoms with Crippen LogP contribution in [-0.4, -0.2) is 26.7 Å². The van der Waals surface area contributed by atoms with E-state index in [1.165, 1.54) is 21.2 Å². The van der Waals surface area contributed by atoms with Crippen molar-refractivity contribution in [2.45, 2.75) is 20.0 Å². The molecule has 24 heavy (non-hydrogen) atoms. The van der Waals surface area contributed by atoms with Crippen LogP contribution in [0.2, 0.25) is 0 Å². The summed E-state index contributed by atoms with van der Waals surface area (Å²) < 4.78 is 3.20. The van der Waals surface area contributed by atoms with Crippen molar-refractivity contribution in [3.05, 3.63) is 58.7 Å². The van der Waals surface area contributed by atoms with Gasteiger partial charge in [-0.05, 0) is 48.0 Å². The highest BCUT2D eigenvalue weighted by atomic mass is 32.1. The van der Waals surface area contributed by atoms with Crippen molar-refractivity contribution < 1.29 is 0 Å². The number of pyridine rings is 1. The Morgan fingerprint density at radius 2 is 2.00 bits per heavy atom. The molecule has 0 radical (unpaired) electrons. The summed E-state index contributed by atoms with van der Waals surface area (Å²) in [5.74, 6) is 0. The maximum Gasteiger partial charge on any atom is 0.157 e. The van der Waals surface area contributed by atoms with Crippen LogP contribution in [0.15, 0.2) is 41.9 Å². The molecule has 3 aromatic heterocycles. The molecule has 0 saturated carbocycles. The van der Waals surface area contributed by atoms with Gasteiger partial charge >= 0.3 is 0 Å². The lowest BCUT2D eigenvalue weighted by atomic mass is 10.1. The predicted octanol–water partition coefficient (Wildman–Crippen LogP) is 4.12. The number of benzene rings is 1. The maximum atomic E-state index is 4.58. The Bertz CT molecular complexity index is 1010. The third-order valence-corrected chi connectivity index (χ3v) is 5.39. The molecule has 0 aliphatic carbocycles. The van der Waals surface area contributed by atoms with E-state index >= 15 is 0 Å². The van der Waals surface area contributed by atoms with Gasteiger partial charge in [0.1, 0.15) is 0 Å². The van der Waals surface area contributed by atoms with Crippen LogP contribution in [0.25, 0.3) is 21.1 Å². The van der Waals surface area contributed by atoms with Crippen molar-refractivity contribution in [3.63, 3.8) is 0 Å². The predicted molar refractivity (Wildman–Crippen MR) is 100 cm³/mol. The van der Waals surface area contributed by atoms with Crippen molar-refractivity contribution in [2.75, 3.05) is 7.05 Å². The largest absolute Gasteiger partial charge is 0.298 e. The van der Waals surface area contributed by atoms with Crippen LogP contribution in [0, 0.1) is 6.92 Å². The summed E-state index contributed by atoms with van der Waals surface area (Å²) in [5, 5.41) is 9.23. The zero-order valence-electron chi connectivity index (χ0n) is 14.2. The van der Waals surface area contributed by atoms with Gasteiger partial charge in [0.25, 0.3) is 0 Å². The van der Waals surface area contributed by atoms with E-state index < -0.39 is 0 Å². The van der Waals surface area contributed by atoms with Crippen molar-refractivity contribution in [2.24, 2.45) is 7.05 Å². The van der Waals surface area contributed by atoms with Crippen LogP contribution >= 0.6 is 11.3 Å². The number of hydrogen-bond acceptors (Lipinski definition) is 4. The molecule has 4 rings (SSSR count). The molecule has 0 amide bonds. The highest BCUT2D eigenvalue weighted by molar-refractivity contribution is 7.17. The first-order valence-corrected chi connectivity index (χ1v) is 8.91. The smallest absolute Gasteiger partial charge is 0.157 e. The standard InChI is InChI=1S/C19H20N4S/c1-13-17-8-14(9-20-19(17)23(3)21-13)10-22(2)11-15-12-24-18-7-5-4-6-16(15)18/h4-9,12H,10-11H2,1-3H3. The Kier molecular flexibility index (Phi) is 3.82. The number of nitrogens with zero attached hydrogens (tertiary/aromatic N) is 4. The summed E-state index contributed by atoms with van der Waals surface area (Å²) in [6.07, 6.45) is 1.96. The van der Waals surface area contributed by atoms with Gasteiger partial charge in [0, 0.05) is 36.4 Å². The Balaban J connectivity index is 1.55. The van der Waals surface area contributed by atoms with Crippen molar-refractivity contribution >= 4 is 32.5 Å². The molecule has 0 bridgehead atoms. The minimum Gasteiger partial charge on any atom is -0.298 e. The van der Waals surface area contributed by atoms with Crippen LogP contribution in [0.3, 0.4) is 0 Å². The molecule has 0 aliphatic heterocycles. The first kappa shape index (κ1) is 15.3. The van der Waals surface area contributed by atoms with E-state index in [0.29, 0.717) is 0 Å². The fourth-order valence-corrected chi connectivity index (χ4v) is 4.21. The summed E-state index contributed by atoms with van der Waals surface area (Å²) in [6.45, 7) is 3.85. The van der Waals surface area contributed by atoms with Gasteiger partial charge in [0.15, 0.2) is 5.65 Å². The normalized spacial score (nSPS) is 11.8. The second kappa shape index (κ2) is 6.00. The first-order chi connectivity index (χ1) is 11.6. The van der Waals surface area contributed by atoms with Gasteiger partial charge < -0.3 is 0 Å². The summed E-state index contributed by atoms with van der Waals surface area (Å²) in [4.78, 5) is 6.91. The molecule has 1 aromatic carbocycles. The molecule has 0 spiro atoms. The quantitative estimate of drug-likeness (QED) is 0.562. The zero-order valence-corrected chi connectivity index (χ0v) is 15.0. The molecule has 0 atom stereocenters. The second-order valence-corrected chi connectivity index (χ2v) is 7.26. The van der Waals surface area contributed by atoms with E-state index in [-0.39, 0.29) is 0 Å². The lowest BCUT2D eigenvalue weighted by molar-refractivity contribution is 0.320. The fourth-order valence-electron chi connectivity index (χ4n) is 3.25. The number of thiophene rings is 1. The van der Waals surface area contributed by atoms with Crippen molar-refractivity contribution in [1.82, 2.24) is 19.7 Å². The van der Waals surface area contributed by atoms with E-state index in [1.54, 1.807) is 0 Å². The highest BCUT2D eigenvalue weighted by Gasteiger charge is 2.10. The summed E-state index contributed by atoms with van der Waals surface area (Å²) in [5.41, 5.74) is 4.60. The molecule has 4 nitrogen and oxygen atoms in total. The SMILES string of the molecule is Cc1nn(C)c2ncc(CN(C)Cc3csc4ccccc34)cc12. The van der Waals surface area contributed by atoms with Crippen molar-refractivity contribution in [1.29, 1.82) is 0 Å². The second-order valence-electron chi connectivity index (χ2n) is 6.35. The Morgan fingerprint density at radius 3 is 2.88 bits per heavy atom. The zero-order chi connectivity index (χ0) is 16.7. The molecule has 0 unspecified atom stereocenters. The van der Waals surface area contributed by atoms with E-state index in [0.717, 1.165) is 29.8 Å². The van der Waals surface area contributed by atoms with Gasteiger partial charge in [-0.3, -0.25) is 9.58 Å². The van der Waals surface area contributed by atoms with E-state index in [9.17, 15) is 0 Å². The van der Waals surface area contributed by atoms with E-state index in [4.69, 9.17) is 0 Å². The van der Waals surface area contributed by atoms with Gasteiger partial charge in [-0.2, -0.15) is 5.10 Å². The van der Waals surface area contributed by atoms with Crippen LogP contribution < -0.4 is 0 Å². The Hall–Kier alpha value is -2.24. The molecule has 5 heteroatoms. The third-order valence-electron chi connectivity index (χ3n) is 4.37. The van der Waals surface area contributed by atoms with Gasteiger partial charge in [0.2, 0.25) is 0 Å². The first-order valence-electron chi connectivity index (χ1n) is 8.03. The van der Waals surface area contributed by atoms with Crippen LogP contribution in [-0.2, 0) is 20.1 Å². The number of aromatic nitrogens is 3. The van der Waals surface area contributed by atoms with Crippen LogP contribution in [0.4, 0.5) is 0 Å². The summed E-state index contributed by atoms with van der Waals surface area (Å²) in [7, 11) is 4.10. The number of aryl methyl sites for hydroxylation is 2. The van der Waals surface area contributed by atoms with Crippen LogP contribution in [0.5, 0.6) is 0 Å². The molecule has 0 fully saturated rings.